The van der Waals surface area contributed by atoms with Gasteiger partial charge in [0, 0.05) is 29.9 Å². The van der Waals surface area contributed by atoms with E-state index >= 15 is 0 Å². The molecular weight excluding hydrogens is 423 g/mol. The van der Waals surface area contributed by atoms with Gasteiger partial charge in [0.15, 0.2) is 0 Å². The molecule has 0 fully saturated rings. The van der Waals surface area contributed by atoms with Crippen LogP contribution in [0.25, 0.3) is 10.9 Å². The number of halogens is 3. The zero-order chi connectivity index (χ0) is 22.7. The van der Waals surface area contributed by atoms with Gasteiger partial charge in [-0.25, -0.2) is 13.2 Å². The fraction of sp³-hybridized carbons (Fsp3) is 0.136. The van der Waals surface area contributed by atoms with Gasteiger partial charge in [-0.1, -0.05) is 12.1 Å². The van der Waals surface area contributed by atoms with E-state index in [1.54, 1.807) is 6.07 Å². The Balaban J connectivity index is 1.49. The molecule has 10 heteroatoms. The van der Waals surface area contributed by atoms with E-state index in [0.717, 1.165) is 12.1 Å². The number of aromatic amines is 2. The van der Waals surface area contributed by atoms with Crippen LogP contribution in [0.1, 0.15) is 27.8 Å². The number of carbonyl (C=O) groups excluding carboxylic acids is 2. The van der Waals surface area contributed by atoms with E-state index in [1.807, 2.05) is 0 Å². The van der Waals surface area contributed by atoms with E-state index in [0.29, 0.717) is 11.3 Å². The van der Waals surface area contributed by atoms with Crippen LogP contribution in [-0.4, -0.2) is 33.5 Å². The molecule has 32 heavy (non-hydrogen) atoms. The highest BCUT2D eigenvalue weighted by Gasteiger charge is 2.19. The SMILES string of the molecule is O=C(Cc1ccn[nH]1)NC(CNC(=O)c1cc2c(F)cc(F)cc2[nH]1)c1ccc(F)cc1. The van der Waals surface area contributed by atoms with E-state index in [-0.39, 0.29) is 35.5 Å². The van der Waals surface area contributed by atoms with Gasteiger partial charge in [0.2, 0.25) is 5.91 Å². The number of aromatic nitrogens is 3. The van der Waals surface area contributed by atoms with Crippen LogP contribution >= 0.6 is 0 Å². The van der Waals surface area contributed by atoms with Gasteiger partial charge in [0.1, 0.15) is 23.1 Å². The van der Waals surface area contributed by atoms with Gasteiger partial charge in [-0.3, -0.25) is 14.7 Å². The maximum absolute atomic E-state index is 13.9. The van der Waals surface area contributed by atoms with Gasteiger partial charge in [0.05, 0.1) is 18.0 Å². The number of nitrogens with zero attached hydrogens (tertiary/aromatic N) is 1. The molecule has 0 radical (unpaired) electrons. The lowest BCUT2D eigenvalue weighted by Gasteiger charge is -2.20. The number of hydrogen-bond donors (Lipinski definition) is 4. The lowest BCUT2D eigenvalue weighted by molar-refractivity contribution is -0.121. The summed E-state index contributed by atoms with van der Waals surface area (Å²) in [7, 11) is 0. The van der Waals surface area contributed by atoms with Crippen molar-refractivity contribution in [1.29, 1.82) is 0 Å². The largest absolute Gasteiger partial charge is 0.350 e. The summed E-state index contributed by atoms with van der Waals surface area (Å²) >= 11 is 0. The van der Waals surface area contributed by atoms with Crippen molar-refractivity contribution in [3.05, 3.63) is 89.1 Å². The highest BCUT2D eigenvalue weighted by atomic mass is 19.1. The molecule has 2 aromatic heterocycles. The summed E-state index contributed by atoms with van der Waals surface area (Å²) in [6.45, 7) is -0.0224. The van der Waals surface area contributed by atoms with Crippen LogP contribution in [0.5, 0.6) is 0 Å². The first-order valence-electron chi connectivity index (χ1n) is 9.68. The molecule has 0 saturated heterocycles. The second-order valence-corrected chi connectivity index (χ2v) is 7.17. The van der Waals surface area contributed by atoms with E-state index in [9.17, 15) is 22.8 Å². The average Bonchev–Trinajstić information content (AvgIpc) is 3.41. The van der Waals surface area contributed by atoms with Crippen molar-refractivity contribution in [3.8, 4) is 0 Å². The molecule has 4 aromatic rings. The lowest BCUT2D eigenvalue weighted by Crippen LogP contribution is -2.38. The minimum Gasteiger partial charge on any atom is -0.350 e. The molecule has 0 aliphatic carbocycles. The molecule has 2 aromatic carbocycles. The Hall–Kier alpha value is -4.08. The third kappa shape index (κ3) is 4.80. The smallest absolute Gasteiger partial charge is 0.267 e. The second-order valence-electron chi connectivity index (χ2n) is 7.17. The molecule has 0 spiro atoms. The molecule has 0 bridgehead atoms. The van der Waals surface area contributed by atoms with Gasteiger partial charge in [0.25, 0.3) is 5.91 Å². The molecule has 7 nitrogen and oxygen atoms in total. The van der Waals surface area contributed by atoms with Gasteiger partial charge in [-0.05, 0) is 35.9 Å². The molecule has 1 unspecified atom stereocenters. The molecule has 0 aliphatic rings. The number of rotatable bonds is 7. The third-order valence-electron chi connectivity index (χ3n) is 4.88. The summed E-state index contributed by atoms with van der Waals surface area (Å²) in [6.07, 6.45) is 1.56. The van der Waals surface area contributed by atoms with Gasteiger partial charge >= 0.3 is 0 Å². The van der Waals surface area contributed by atoms with Crippen molar-refractivity contribution in [3.63, 3.8) is 0 Å². The number of H-pyrrole nitrogens is 2. The predicted molar refractivity (Wildman–Crippen MR) is 110 cm³/mol. The molecule has 2 heterocycles. The van der Waals surface area contributed by atoms with Crippen molar-refractivity contribution in [2.45, 2.75) is 12.5 Å². The highest BCUT2D eigenvalue weighted by Crippen LogP contribution is 2.21. The average molecular weight is 441 g/mol. The van der Waals surface area contributed by atoms with E-state index in [4.69, 9.17) is 0 Å². The van der Waals surface area contributed by atoms with Gasteiger partial charge in [-0.2, -0.15) is 5.10 Å². The first-order valence-corrected chi connectivity index (χ1v) is 9.68. The number of benzene rings is 2. The van der Waals surface area contributed by atoms with Crippen molar-refractivity contribution in [2.24, 2.45) is 0 Å². The van der Waals surface area contributed by atoms with Crippen LogP contribution < -0.4 is 10.6 Å². The monoisotopic (exact) mass is 441 g/mol. The molecule has 4 rings (SSSR count). The Labute approximate surface area is 180 Å². The summed E-state index contributed by atoms with van der Waals surface area (Å²) in [5.41, 5.74) is 1.37. The van der Waals surface area contributed by atoms with Crippen molar-refractivity contribution in [2.75, 3.05) is 6.54 Å². The first kappa shape index (κ1) is 21.2. The zero-order valence-corrected chi connectivity index (χ0v) is 16.6. The van der Waals surface area contributed by atoms with E-state index in [2.05, 4.69) is 25.8 Å². The standard InChI is InChI=1S/C22H18F3N5O2/c23-13-3-1-12(2-4-13)20(29-21(31)9-15-5-6-27-30-15)11-26-22(32)19-10-16-17(25)7-14(24)8-18(16)28-19/h1-8,10,20,28H,9,11H2,(H,26,32)(H,27,30)(H,29,31). The summed E-state index contributed by atoms with van der Waals surface area (Å²) in [5, 5.41) is 12.0. The Morgan fingerprint density at radius 3 is 2.50 bits per heavy atom. The summed E-state index contributed by atoms with van der Waals surface area (Å²) in [5.74, 6) is -2.89. The Bertz CT molecular complexity index is 1250. The number of amides is 2. The first-order chi connectivity index (χ1) is 15.4. The molecule has 4 N–H and O–H groups in total. The number of fused-ring (bicyclic) bond motifs is 1. The molecule has 0 saturated carbocycles. The van der Waals surface area contributed by atoms with Crippen molar-refractivity contribution < 1.29 is 22.8 Å². The second kappa shape index (κ2) is 8.96. The zero-order valence-electron chi connectivity index (χ0n) is 16.6. The van der Waals surface area contributed by atoms with Gasteiger partial charge < -0.3 is 15.6 Å². The summed E-state index contributed by atoms with van der Waals surface area (Å²) in [6, 6.07) is 9.61. The maximum atomic E-state index is 13.9. The van der Waals surface area contributed by atoms with Crippen LogP contribution in [0.15, 0.2) is 54.7 Å². The van der Waals surface area contributed by atoms with Crippen LogP contribution in [0.3, 0.4) is 0 Å². The minimum absolute atomic E-state index is 0.0224. The minimum atomic E-state index is -0.787. The van der Waals surface area contributed by atoms with E-state index < -0.39 is 29.4 Å². The van der Waals surface area contributed by atoms with Crippen molar-refractivity contribution >= 4 is 22.7 Å². The predicted octanol–water partition coefficient (Wildman–Crippen LogP) is 3.14. The third-order valence-corrected chi connectivity index (χ3v) is 4.88. The van der Waals surface area contributed by atoms with Crippen LogP contribution in [0.2, 0.25) is 0 Å². The van der Waals surface area contributed by atoms with Crippen LogP contribution in [0, 0.1) is 17.5 Å². The van der Waals surface area contributed by atoms with Crippen LogP contribution in [0.4, 0.5) is 13.2 Å². The Morgan fingerprint density at radius 1 is 1.00 bits per heavy atom. The number of nitrogens with one attached hydrogen (secondary N) is 4. The summed E-state index contributed by atoms with van der Waals surface area (Å²) < 4.78 is 40.6. The fourth-order valence-electron chi connectivity index (χ4n) is 3.32. The lowest BCUT2D eigenvalue weighted by atomic mass is 10.1. The van der Waals surface area contributed by atoms with Gasteiger partial charge in [-0.15, -0.1) is 0 Å². The quantitative estimate of drug-likeness (QED) is 0.354. The number of carbonyl (C=O) groups is 2. The normalized spacial score (nSPS) is 12.0. The number of hydrogen-bond acceptors (Lipinski definition) is 3. The molecular formula is C22H18F3N5O2. The Kier molecular flexibility index (Phi) is 5.93. The Morgan fingerprint density at radius 2 is 1.78 bits per heavy atom. The molecule has 164 valence electrons. The molecule has 2 amide bonds. The molecule has 1 atom stereocenters. The topological polar surface area (TPSA) is 103 Å². The highest BCUT2D eigenvalue weighted by molar-refractivity contribution is 5.98. The van der Waals surface area contributed by atoms with Crippen LogP contribution in [-0.2, 0) is 11.2 Å². The van der Waals surface area contributed by atoms with E-state index in [1.165, 1.54) is 36.5 Å². The molecule has 0 aliphatic heterocycles. The fourth-order valence-corrected chi connectivity index (χ4v) is 3.32. The van der Waals surface area contributed by atoms with Crippen molar-refractivity contribution in [1.82, 2.24) is 25.8 Å². The summed E-state index contributed by atoms with van der Waals surface area (Å²) in [4.78, 5) is 27.7. The maximum Gasteiger partial charge on any atom is 0.267 e.